The van der Waals surface area contributed by atoms with E-state index < -0.39 is 12.0 Å². The molecule has 0 radical (unpaired) electrons. The summed E-state index contributed by atoms with van der Waals surface area (Å²) in [6, 6.07) is 6.91. The lowest BCUT2D eigenvalue weighted by molar-refractivity contribution is -0.148. The summed E-state index contributed by atoms with van der Waals surface area (Å²) < 4.78 is 0. The number of carbonyl (C=O) groups is 2. The molecule has 2 fully saturated rings. The van der Waals surface area contributed by atoms with Crippen LogP contribution >= 0.6 is 11.6 Å². The van der Waals surface area contributed by atoms with E-state index in [0.717, 1.165) is 18.4 Å². The molecule has 1 aliphatic heterocycles. The number of carbonyl (C=O) groups excluding carboxylic acids is 1. The highest BCUT2D eigenvalue weighted by molar-refractivity contribution is 6.31. The van der Waals surface area contributed by atoms with Crippen molar-refractivity contribution in [2.24, 2.45) is 5.92 Å². The minimum atomic E-state index is -0.897. The van der Waals surface area contributed by atoms with Crippen molar-refractivity contribution < 1.29 is 14.7 Å². The number of nitrogens with zero attached hydrogens (tertiary/aromatic N) is 1. The fourth-order valence-electron chi connectivity index (χ4n) is 3.09. The van der Waals surface area contributed by atoms with E-state index in [1.165, 1.54) is 4.90 Å². The molecule has 0 spiro atoms. The molecule has 1 aliphatic carbocycles. The number of carboxylic acid groups (broad SMARTS) is 1. The quantitative estimate of drug-likeness (QED) is 0.931. The van der Waals surface area contributed by atoms with Crippen LogP contribution < -0.4 is 0 Å². The van der Waals surface area contributed by atoms with Crippen LogP contribution in [-0.2, 0) is 9.59 Å². The molecular formula is C15H16ClNO3. The first-order chi connectivity index (χ1) is 9.59. The number of amides is 1. The second kappa shape index (κ2) is 5.09. The molecule has 1 amide bonds. The summed E-state index contributed by atoms with van der Waals surface area (Å²) in [4.78, 5) is 25.1. The molecule has 1 aromatic rings. The van der Waals surface area contributed by atoms with Crippen LogP contribution in [0.5, 0.6) is 0 Å². The van der Waals surface area contributed by atoms with Gasteiger partial charge in [-0.25, -0.2) is 4.79 Å². The number of hydrogen-bond donors (Lipinski definition) is 1. The fraction of sp³-hybridized carbons (Fsp3) is 0.467. The van der Waals surface area contributed by atoms with Crippen molar-refractivity contribution in [3.05, 3.63) is 34.9 Å². The minimum absolute atomic E-state index is 0.0279. The molecule has 1 saturated carbocycles. The molecule has 1 heterocycles. The van der Waals surface area contributed by atoms with Crippen LogP contribution in [0.1, 0.15) is 30.7 Å². The summed E-state index contributed by atoms with van der Waals surface area (Å²) in [5.41, 5.74) is 0.999. The van der Waals surface area contributed by atoms with Gasteiger partial charge in [0.2, 0.25) is 5.91 Å². The van der Waals surface area contributed by atoms with Gasteiger partial charge in [0.25, 0.3) is 0 Å². The van der Waals surface area contributed by atoms with E-state index in [-0.39, 0.29) is 17.7 Å². The van der Waals surface area contributed by atoms with Crippen LogP contribution in [-0.4, -0.2) is 34.5 Å². The number of likely N-dealkylation sites (tertiary alicyclic amines) is 1. The predicted molar refractivity (Wildman–Crippen MR) is 74.7 cm³/mol. The van der Waals surface area contributed by atoms with Crippen LogP contribution in [0.25, 0.3) is 0 Å². The molecule has 3 rings (SSSR count). The van der Waals surface area contributed by atoms with Crippen LogP contribution in [0.15, 0.2) is 24.3 Å². The molecule has 0 bridgehead atoms. The largest absolute Gasteiger partial charge is 0.480 e. The first-order valence-corrected chi connectivity index (χ1v) is 7.25. The van der Waals surface area contributed by atoms with Gasteiger partial charge >= 0.3 is 5.97 Å². The Morgan fingerprint density at radius 3 is 2.75 bits per heavy atom. The Hall–Kier alpha value is -1.55. The van der Waals surface area contributed by atoms with E-state index in [2.05, 4.69) is 0 Å². The number of aliphatic carboxylic acids is 1. The molecule has 1 N–H and O–H groups in total. The second-order valence-corrected chi connectivity index (χ2v) is 5.91. The SMILES string of the molecule is O=C(O)[C@@H]1CCCN1C(=O)[C@H]1C[C@H]1c1ccccc1Cl. The maximum absolute atomic E-state index is 12.4. The van der Waals surface area contributed by atoms with Gasteiger partial charge in [0, 0.05) is 17.5 Å². The predicted octanol–water partition coefficient (Wildman–Crippen LogP) is 2.52. The topological polar surface area (TPSA) is 57.6 Å². The summed E-state index contributed by atoms with van der Waals surface area (Å²) in [6.45, 7) is 0.557. The summed E-state index contributed by atoms with van der Waals surface area (Å²) >= 11 is 6.15. The highest BCUT2D eigenvalue weighted by atomic mass is 35.5. The molecule has 5 heteroatoms. The Morgan fingerprint density at radius 2 is 2.05 bits per heavy atom. The number of carboxylic acids is 1. The summed E-state index contributed by atoms with van der Waals surface area (Å²) in [5, 5.41) is 9.83. The van der Waals surface area contributed by atoms with E-state index in [1.807, 2.05) is 24.3 Å². The van der Waals surface area contributed by atoms with E-state index in [4.69, 9.17) is 16.7 Å². The van der Waals surface area contributed by atoms with Crippen LogP contribution in [0.3, 0.4) is 0 Å². The van der Waals surface area contributed by atoms with Crippen molar-refractivity contribution in [3.8, 4) is 0 Å². The van der Waals surface area contributed by atoms with Crippen LogP contribution in [0.2, 0.25) is 5.02 Å². The molecular weight excluding hydrogens is 278 g/mol. The highest BCUT2D eigenvalue weighted by Crippen LogP contribution is 2.50. The third-order valence-electron chi connectivity index (χ3n) is 4.23. The van der Waals surface area contributed by atoms with Gasteiger partial charge in [-0.05, 0) is 36.8 Å². The maximum atomic E-state index is 12.4. The third kappa shape index (κ3) is 2.29. The van der Waals surface area contributed by atoms with Gasteiger partial charge < -0.3 is 10.0 Å². The lowest BCUT2D eigenvalue weighted by Crippen LogP contribution is -2.41. The monoisotopic (exact) mass is 293 g/mol. The minimum Gasteiger partial charge on any atom is -0.480 e. The Balaban J connectivity index is 1.72. The molecule has 3 atom stereocenters. The number of hydrogen-bond acceptors (Lipinski definition) is 2. The van der Waals surface area contributed by atoms with Crippen LogP contribution in [0, 0.1) is 5.92 Å². The van der Waals surface area contributed by atoms with Gasteiger partial charge in [-0.2, -0.15) is 0 Å². The van der Waals surface area contributed by atoms with Gasteiger partial charge in [0.15, 0.2) is 0 Å². The second-order valence-electron chi connectivity index (χ2n) is 5.50. The van der Waals surface area contributed by atoms with Crippen molar-refractivity contribution in [2.45, 2.75) is 31.2 Å². The fourth-order valence-corrected chi connectivity index (χ4v) is 3.36. The molecule has 4 nitrogen and oxygen atoms in total. The van der Waals surface area contributed by atoms with Crippen molar-refractivity contribution in [3.63, 3.8) is 0 Å². The Morgan fingerprint density at radius 1 is 1.30 bits per heavy atom. The summed E-state index contributed by atoms with van der Waals surface area (Å²) in [7, 11) is 0. The van der Waals surface area contributed by atoms with Crippen LogP contribution in [0.4, 0.5) is 0 Å². The lowest BCUT2D eigenvalue weighted by Gasteiger charge is -2.21. The molecule has 0 aromatic heterocycles. The zero-order valence-electron chi connectivity index (χ0n) is 11.0. The van der Waals surface area contributed by atoms with Crippen molar-refractivity contribution >= 4 is 23.5 Å². The van der Waals surface area contributed by atoms with E-state index in [0.29, 0.717) is 18.0 Å². The lowest BCUT2D eigenvalue weighted by atomic mass is 10.1. The number of halogens is 1. The van der Waals surface area contributed by atoms with Gasteiger partial charge in [-0.3, -0.25) is 4.79 Å². The van der Waals surface area contributed by atoms with Crippen molar-refractivity contribution in [1.82, 2.24) is 4.90 Å². The standard InChI is InChI=1S/C15H16ClNO3/c16-12-5-2-1-4-9(12)10-8-11(10)14(18)17-7-3-6-13(17)15(19)20/h1-2,4-5,10-11,13H,3,6-8H2,(H,19,20)/t10-,11-,13-/m0/s1. The van der Waals surface area contributed by atoms with Gasteiger partial charge in [-0.1, -0.05) is 29.8 Å². The maximum Gasteiger partial charge on any atom is 0.326 e. The highest BCUT2D eigenvalue weighted by Gasteiger charge is 2.49. The summed E-state index contributed by atoms with van der Waals surface area (Å²) in [5.74, 6) is -0.883. The molecule has 106 valence electrons. The first kappa shape index (κ1) is 13.4. The van der Waals surface area contributed by atoms with Gasteiger partial charge in [0.05, 0.1) is 0 Å². The molecule has 0 unspecified atom stereocenters. The normalized spacial score (nSPS) is 28.4. The third-order valence-corrected chi connectivity index (χ3v) is 4.58. The van der Waals surface area contributed by atoms with E-state index in [1.54, 1.807) is 0 Å². The number of rotatable bonds is 3. The average molecular weight is 294 g/mol. The zero-order valence-corrected chi connectivity index (χ0v) is 11.7. The van der Waals surface area contributed by atoms with E-state index in [9.17, 15) is 9.59 Å². The van der Waals surface area contributed by atoms with Crippen molar-refractivity contribution in [2.75, 3.05) is 6.54 Å². The molecule has 20 heavy (non-hydrogen) atoms. The Kier molecular flexibility index (Phi) is 3.42. The number of benzene rings is 1. The first-order valence-electron chi connectivity index (χ1n) is 6.87. The van der Waals surface area contributed by atoms with Gasteiger partial charge in [0.1, 0.15) is 6.04 Å². The smallest absolute Gasteiger partial charge is 0.326 e. The Bertz CT molecular complexity index is 560. The molecule has 1 saturated heterocycles. The average Bonchev–Trinajstić information content (AvgIpc) is 3.05. The van der Waals surface area contributed by atoms with Crippen molar-refractivity contribution in [1.29, 1.82) is 0 Å². The summed E-state index contributed by atoms with van der Waals surface area (Å²) in [6.07, 6.45) is 2.10. The zero-order chi connectivity index (χ0) is 14.3. The molecule has 2 aliphatic rings. The molecule has 1 aromatic carbocycles. The van der Waals surface area contributed by atoms with E-state index >= 15 is 0 Å². The van der Waals surface area contributed by atoms with Gasteiger partial charge in [-0.15, -0.1) is 0 Å². The Labute approximate surface area is 122 Å².